The van der Waals surface area contributed by atoms with Gasteiger partial charge in [-0.05, 0) is 17.7 Å². The number of benzene rings is 1. The van der Waals surface area contributed by atoms with Crippen LogP contribution in [0.25, 0.3) is 0 Å². The quantitative estimate of drug-likeness (QED) is 0.672. The molecule has 0 aliphatic rings. The highest BCUT2D eigenvalue weighted by Gasteiger charge is 2.33. The van der Waals surface area contributed by atoms with Gasteiger partial charge >= 0.3 is 12.7 Å². The van der Waals surface area contributed by atoms with Crippen molar-refractivity contribution in [2.45, 2.75) is 19.3 Å². The molecule has 20 heavy (non-hydrogen) atoms. The first kappa shape index (κ1) is 15.9. The number of carbonyl (C=O) groups excluding carboxylic acids is 1. The maximum atomic E-state index is 12.0. The number of ether oxygens (including phenoxy) is 2. The number of carbonyl (C=O) groups is 1. The Balaban J connectivity index is 3.03. The molecule has 0 saturated carbocycles. The fourth-order valence-corrected chi connectivity index (χ4v) is 1.28. The van der Waals surface area contributed by atoms with Crippen LogP contribution >= 0.6 is 0 Å². The number of hydrogen-bond acceptors (Lipinski definition) is 3. The van der Waals surface area contributed by atoms with Crippen LogP contribution in [0.1, 0.15) is 5.56 Å². The minimum absolute atomic E-state index is 0.0573. The molecule has 0 aromatic heterocycles. The summed E-state index contributed by atoms with van der Waals surface area (Å²) in [6.07, 6.45) is -9.89. The molecular formula is C10H7F6NO3. The van der Waals surface area contributed by atoms with Crippen LogP contribution in [0.2, 0.25) is 0 Å². The molecule has 112 valence electrons. The average Bonchev–Trinajstić information content (AvgIpc) is 2.21. The minimum atomic E-state index is -5.06. The van der Waals surface area contributed by atoms with E-state index in [0.717, 1.165) is 12.1 Å². The van der Waals surface area contributed by atoms with Crippen LogP contribution in [-0.2, 0) is 11.3 Å². The summed E-state index contributed by atoms with van der Waals surface area (Å²) in [5, 5.41) is 2.09. The van der Waals surface area contributed by atoms with Gasteiger partial charge in [0.2, 0.25) is 6.41 Å². The summed E-state index contributed by atoms with van der Waals surface area (Å²) in [7, 11) is 0. The van der Waals surface area contributed by atoms with Gasteiger partial charge in [-0.15, -0.1) is 26.3 Å². The van der Waals surface area contributed by atoms with E-state index in [9.17, 15) is 31.1 Å². The van der Waals surface area contributed by atoms with Crippen LogP contribution < -0.4 is 14.8 Å². The molecule has 4 nitrogen and oxygen atoms in total. The van der Waals surface area contributed by atoms with Crippen molar-refractivity contribution in [3.05, 3.63) is 23.8 Å². The highest BCUT2D eigenvalue weighted by Crippen LogP contribution is 2.31. The molecule has 1 aromatic carbocycles. The van der Waals surface area contributed by atoms with Crippen molar-refractivity contribution in [2.75, 3.05) is 0 Å². The van der Waals surface area contributed by atoms with E-state index in [1.807, 2.05) is 0 Å². The van der Waals surface area contributed by atoms with E-state index in [4.69, 9.17) is 0 Å². The van der Waals surface area contributed by atoms with Gasteiger partial charge in [0.25, 0.3) is 0 Å². The maximum absolute atomic E-state index is 12.0. The Morgan fingerprint density at radius 1 is 0.950 bits per heavy atom. The van der Waals surface area contributed by atoms with Crippen LogP contribution in [0, 0.1) is 0 Å². The predicted octanol–water partition coefficient (Wildman–Crippen LogP) is 2.73. The topological polar surface area (TPSA) is 47.6 Å². The van der Waals surface area contributed by atoms with Gasteiger partial charge < -0.3 is 14.8 Å². The molecule has 1 rings (SSSR count). The third kappa shape index (κ3) is 6.16. The first-order chi connectivity index (χ1) is 9.09. The Morgan fingerprint density at radius 3 is 1.75 bits per heavy atom. The van der Waals surface area contributed by atoms with Gasteiger partial charge in [-0.2, -0.15) is 0 Å². The van der Waals surface area contributed by atoms with Gasteiger partial charge in [-0.3, -0.25) is 4.79 Å². The van der Waals surface area contributed by atoms with Crippen molar-refractivity contribution in [3.63, 3.8) is 0 Å². The molecule has 1 aromatic rings. The fourth-order valence-electron chi connectivity index (χ4n) is 1.28. The van der Waals surface area contributed by atoms with Crippen LogP contribution in [0.15, 0.2) is 18.2 Å². The van der Waals surface area contributed by atoms with E-state index in [1.165, 1.54) is 0 Å². The number of rotatable bonds is 5. The molecule has 0 aliphatic carbocycles. The normalized spacial score (nSPS) is 11.9. The zero-order chi connectivity index (χ0) is 15.4. The summed E-state index contributed by atoms with van der Waals surface area (Å²) in [5.74, 6) is -1.77. The summed E-state index contributed by atoms with van der Waals surface area (Å²) in [6.45, 7) is -0.285. The maximum Gasteiger partial charge on any atom is 0.573 e. The van der Waals surface area contributed by atoms with E-state index in [-0.39, 0.29) is 18.5 Å². The lowest BCUT2D eigenvalue weighted by Gasteiger charge is -2.14. The molecule has 0 atom stereocenters. The number of halogens is 6. The zero-order valence-electron chi connectivity index (χ0n) is 9.51. The second-order valence-electron chi connectivity index (χ2n) is 3.41. The fraction of sp³-hybridized carbons (Fsp3) is 0.300. The van der Waals surface area contributed by atoms with Crippen molar-refractivity contribution in [1.82, 2.24) is 5.32 Å². The Labute approximate surface area is 108 Å². The average molecular weight is 303 g/mol. The summed E-state index contributed by atoms with van der Waals surface area (Å²) < 4.78 is 79.3. The van der Waals surface area contributed by atoms with Crippen LogP contribution in [0.3, 0.4) is 0 Å². The minimum Gasteiger partial charge on any atom is -0.406 e. The molecule has 0 radical (unpaired) electrons. The van der Waals surface area contributed by atoms with Crippen LogP contribution in [-0.4, -0.2) is 19.1 Å². The molecule has 1 N–H and O–H groups in total. The van der Waals surface area contributed by atoms with E-state index in [2.05, 4.69) is 14.8 Å². The monoisotopic (exact) mass is 303 g/mol. The number of nitrogens with one attached hydrogen (secondary N) is 1. The summed E-state index contributed by atoms with van der Waals surface area (Å²) in [6, 6.07) is 2.09. The highest BCUT2D eigenvalue weighted by molar-refractivity contribution is 5.47. The van der Waals surface area contributed by atoms with Crippen molar-refractivity contribution < 1.29 is 40.6 Å². The molecular weight excluding hydrogens is 296 g/mol. The standard InChI is InChI=1S/C10H7F6NO3/c11-9(12,13)19-7-1-6(4-17-5-18)2-8(3-7)20-10(14,15)16/h1-3,5H,4H2,(H,17,18). The van der Waals surface area contributed by atoms with E-state index in [1.54, 1.807) is 0 Å². The Hall–Kier alpha value is -2.13. The Morgan fingerprint density at radius 2 is 1.40 bits per heavy atom. The van der Waals surface area contributed by atoms with Gasteiger partial charge in [0, 0.05) is 12.6 Å². The molecule has 0 aliphatic heterocycles. The zero-order valence-corrected chi connectivity index (χ0v) is 9.51. The largest absolute Gasteiger partial charge is 0.573 e. The van der Waals surface area contributed by atoms with Crippen molar-refractivity contribution in [1.29, 1.82) is 0 Å². The molecule has 0 unspecified atom stereocenters. The lowest BCUT2D eigenvalue weighted by molar-refractivity contribution is -0.276. The molecule has 0 heterocycles. The molecule has 0 bridgehead atoms. The van der Waals surface area contributed by atoms with Crippen molar-refractivity contribution in [3.8, 4) is 11.5 Å². The second-order valence-corrected chi connectivity index (χ2v) is 3.41. The predicted molar refractivity (Wildman–Crippen MR) is 52.7 cm³/mol. The molecule has 0 saturated heterocycles. The third-order valence-corrected chi connectivity index (χ3v) is 1.80. The highest BCUT2D eigenvalue weighted by atomic mass is 19.4. The van der Waals surface area contributed by atoms with Gasteiger partial charge in [0.1, 0.15) is 11.5 Å². The Kier molecular flexibility index (Phi) is 4.69. The first-order valence-corrected chi connectivity index (χ1v) is 4.91. The molecule has 0 fully saturated rings. The van der Waals surface area contributed by atoms with Gasteiger partial charge in [-0.25, -0.2) is 0 Å². The lowest BCUT2D eigenvalue weighted by Crippen LogP contribution is -2.19. The summed E-state index contributed by atoms with van der Waals surface area (Å²) >= 11 is 0. The Bertz CT molecular complexity index is 437. The van der Waals surface area contributed by atoms with Crippen molar-refractivity contribution in [2.24, 2.45) is 0 Å². The summed E-state index contributed by atoms with van der Waals surface area (Å²) in [5.41, 5.74) is -0.0573. The lowest BCUT2D eigenvalue weighted by atomic mass is 10.2. The third-order valence-electron chi connectivity index (χ3n) is 1.80. The van der Waals surface area contributed by atoms with Gasteiger partial charge in [0.15, 0.2) is 0 Å². The number of alkyl halides is 6. The van der Waals surface area contributed by atoms with Gasteiger partial charge in [-0.1, -0.05) is 0 Å². The molecule has 1 amide bonds. The SMILES string of the molecule is O=CNCc1cc(OC(F)(F)F)cc(OC(F)(F)F)c1. The second kappa shape index (κ2) is 5.88. The van der Waals surface area contributed by atoms with Crippen molar-refractivity contribution >= 4 is 6.41 Å². The van der Waals surface area contributed by atoms with Gasteiger partial charge in [0.05, 0.1) is 0 Å². The molecule has 10 heteroatoms. The smallest absolute Gasteiger partial charge is 0.406 e. The number of amides is 1. The van der Waals surface area contributed by atoms with E-state index < -0.39 is 24.2 Å². The summed E-state index contributed by atoms with van der Waals surface area (Å²) in [4.78, 5) is 10.1. The van der Waals surface area contributed by atoms with E-state index in [0.29, 0.717) is 6.07 Å². The van der Waals surface area contributed by atoms with Crippen LogP contribution in [0.5, 0.6) is 11.5 Å². The first-order valence-electron chi connectivity index (χ1n) is 4.91. The van der Waals surface area contributed by atoms with E-state index >= 15 is 0 Å². The number of hydrogen-bond donors (Lipinski definition) is 1. The molecule has 0 spiro atoms. The van der Waals surface area contributed by atoms with Crippen LogP contribution in [0.4, 0.5) is 26.3 Å².